The number of carbonyl (C=O) groups is 1. The van der Waals surface area contributed by atoms with Crippen molar-refractivity contribution in [1.29, 1.82) is 0 Å². The summed E-state index contributed by atoms with van der Waals surface area (Å²) in [5.41, 5.74) is 0.337. The largest absolute Gasteiger partial charge is 0.492 e. The summed E-state index contributed by atoms with van der Waals surface area (Å²) >= 11 is 6.08. The molecule has 0 radical (unpaired) electrons. The van der Waals surface area contributed by atoms with Gasteiger partial charge in [0, 0.05) is 33.7 Å². The standard InChI is InChI=1S/C10H11Cl2NO3S.C5H10O2/c1-13-7-4-5-16-10-8(17(12,14)15)3-2-6(11)9(7)10;1-5(2,3)7-4-6/h2-3,7,13H,4-5H2,1H3;4H,1-3H3. The van der Waals surface area contributed by atoms with E-state index in [1.165, 1.54) is 12.1 Å². The highest BCUT2D eigenvalue weighted by atomic mass is 35.7. The number of nitrogens with one attached hydrogen (secondary N) is 1. The van der Waals surface area contributed by atoms with E-state index in [0.29, 0.717) is 23.7 Å². The van der Waals surface area contributed by atoms with Crippen LogP contribution in [0.1, 0.15) is 38.8 Å². The maximum absolute atomic E-state index is 11.4. The molecule has 0 bridgehead atoms. The number of carbonyl (C=O) groups excluding carboxylic acids is 1. The monoisotopic (exact) mass is 397 g/mol. The van der Waals surface area contributed by atoms with E-state index in [-0.39, 0.29) is 22.3 Å². The summed E-state index contributed by atoms with van der Waals surface area (Å²) in [7, 11) is 3.33. The maximum atomic E-state index is 11.4. The highest BCUT2D eigenvalue weighted by Gasteiger charge is 2.29. The summed E-state index contributed by atoms with van der Waals surface area (Å²) in [6.07, 6.45) is 0.731. The lowest BCUT2D eigenvalue weighted by Crippen LogP contribution is -2.25. The van der Waals surface area contributed by atoms with Gasteiger partial charge in [-0.25, -0.2) is 8.42 Å². The fraction of sp³-hybridized carbons (Fsp3) is 0.533. The zero-order chi connectivity index (χ0) is 18.5. The third kappa shape index (κ3) is 5.81. The molecule has 1 atom stereocenters. The van der Waals surface area contributed by atoms with Crippen LogP contribution in [0.15, 0.2) is 17.0 Å². The Morgan fingerprint density at radius 1 is 1.38 bits per heavy atom. The Bertz CT molecular complexity index is 686. The Morgan fingerprint density at radius 3 is 2.42 bits per heavy atom. The van der Waals surface area contributed by atoms with Crippen molar-refractivity contribution >= 4 is 37.8 Å². The van der Waals surface area contributed by atoms with E-state index in [2.05, 4.69) is 10.1 Å². The molecule has 1 heterocycles. The van der Waals surface area contributed by atoms with Crippen LogP contribution in [0.2, 0.25) is 5.02 Å². The Labute approximate surface area is 151 Å². The van der Waals surface area contributed by atoms with Gasteiger partial charge in [0.25, 0.3) is 15.5 Å². The lowest BCUT2D eigenvalue weighted by Gasteiger charge is -2.27. The van der Waals surface area contributed by atoms with Crippen LogP contribution in [-0.4, -0.2) is 34.1 Å². The minimum atomic E-state index is -3.83. The van der Waals surface area contributed by atoms with Crippen molar-refractivity contribution in [2.24, 2.45) is 0 Å². The van der Waals surface area contributed by atoms with Gasteiger partial charge in [0.2, 0.25) is 0 Å². The molecule has 0 spiro atoms. The Balaban J connectivity index is 0.000000351. The SMILES string of the molecule is CC(C)(C)OC=O.CNC1CCOc2c(S(=O)(=O)Cl)ccc(Cl)c21. The third-order valence-corrected chi connectivity index (χ3v) is 4.80. The third-order valence-electron chi connectivity index (χ3n) is 3.12. The van der Waals surface area contributed by atoms with Crippen molar-refractivity contribution in [3.63, 3.8) is 0 Å². The van der Waals surface area contributed by atoms with Crippen LogP contribution in [0.4, 0.5) is 0 Å². The number of rotatable bonds is 3. The van der Waals surface area contributed by atoms with Crippen LogP contribution in [-0.2, 0) is 18.6 Å². The van der Waals surface area contributed by atoms with E-state index in [0.717, 1.165) is 6.42 Å². The highest BCUT2D eigenvalue weighted by Crippen LogP contribution is 2.42. The minimum absolute atomic E-state index is 0.0235. The molecule has 2 rings (SSSR count). The first-order valence-corrected chi connectivity index (χ1v) is 9.88. The molecule has 0 fully saturated rings. The molecular formula is C15H21Cl2NO5S. The first kappa shape index (κ1) is 21.0. The van der Waals surface area contributed by atoms with Crippen LogP contribution < -0.4 is 10.1 Å². The van der Waals surface area contributed by atoms with Gasteiger partial charge in [0.1, 0.15) is 16.2 Å². The van der Waals surface area contributed by atoms with Crippen LogP contribution in [0, 0.1) is 0 Å². The van der Waals surface area contributed by atoms with Gasteiger partial charge in [-0.2, -0.15) is 0 Å². The Morgan fingerprint density at radius 2 is 2.00 bits per heavy atom. The number of fused-ring (bicyclic) bond motifs is 1. The van der Waals surface area contributed by atoms with Crippen molar-refractivity contribution in [3.8, 4) is 5.75 Å². The molecule has 0 aromatic heterocycles. The minimum Gasteiger partial charge on any atom is -0.492 e. The average molecular weight is 398 g/mol. The van der Waals surface area contributed by atoms with Gasteiger partial charge in [-0.3, -0.25) is 4.79 Å². The van der Waals surface area contributed by atoms with E-state index in [9.17, 15) is 13.2 Å². The van der Waals surface area contributed by atoms with E-state index in [1.54, 1.807) is 7.05 Å². The molecule has 1 unspecified atom stereocenters. The second-order valence-corrected chi connectivity index (χ2v) is 8.97. The van der Waals surface area contributed by atoms with Crippen LogP contribution in [0.5, 0.6) is 5.75 Å². The summed E-state index contributed by atoms with van der Waals surface area (Å²) in [5.74, 6) is 0.262. The van der Waals surface area contributed by atoms with E-state index in [4.69, 9.17) is 27.0 Å². The van der Waals surface area contributed by atoms with Crippen LogP contribution in [0.3, 0.4) is 0 Å². The van der Waals surface area contributed by atoms with Gasteiger partial charge in [0.05, 0.1) is 6.61 Å². The molecule has 1 N–H and O–H groups in total. The van der Waals surface area contributed by atoms with Crippen molar-refractivity contribution in [2.75, 3.05) is 13.7 Å². The number of hydrogen-bond donors (Lipinski definition) is 1. The molecule has 6 nitrogen and oxygen atoms in total. The molecule has 1 aliphatic rings. The molecule has 0 saturated heterocycles. The van der Waals surface area contributed by atoms with Crippen molar-refractivity contribution in [2.45, 2.75) is 43.7 Å². The summed E-state index contributed by atoms with van der Waals surface area (Å²) in [5, 5.41) is 3.55. The molecule has 1 aromatic rings. The van der Waals surface area contributed by atoms with Crippen molar-refractivity contribution in [3.05, 3.63) is 22.7 Å². The summed E-state index contributed by atoms with van der Waals surface area (Å²) in [4.78, 5) is 9.57. The normalized spacial score (nSPS) is 17.0. The molecule has 136 valence electrons. The molecule has 1 aliphatic heterocycles. The van der Waals surface area contributed by atoms with Crippen LogP contribution in [0.25, 0.3) is 0 Å². The Hall–Kier alpha value is -1.02. The van der Waals surface area contributed by atoms with E-state index < -0.39 is 9.05 Å². The predicted octanol–water partition coefficient (Wildman–Crippen LogP) is 3.27. The molecule has 0 amide bonds. The summed E-state index contributed by atoms with van der Waals surface area (Å²) in [6, 6.07) is 2.86. The van der Waals surface area contributed by atoms with Crippen LogP contribution >= 0.6 is 22.3 Å². The van der Waals surface area contributed by atoms with Gasteiger partial charge in [0.15, 0.2) is 0 Å². The molecule has 0 saturated carbocycles. The zero-order valence-corrected chi connectivity index (χ0v) is 16.3. The summed E-state index contributed by atoms with van der Waals surface area (Å²) in [6.45, 7) is 6.35. The molecular weight excluding hydrogens is 377 g/mol. The molecule has 9 heteroatoms. The molecule has 24 heavy (non-hydrogen) atoms. The first-order chi connectivity index (χ1) is 11.0. The quantitative estimate of drug-likeness (QED) is 0.622. The maximum Gasteiger partial charge on any atom is 0.293 e. The predicted molar refractivity (Wildman–Crippen MR) is 93.3 cm³/mol. The lowest BCUT2D eigenvalue weighted by molar-refractivity contribution is -0.138. The first-order valence-electron chi connectivity index (χ1n) is 7.20. The zero-order valence-electron chi connectivity index (χ0n) is 13.9. The highest BCUT2D eigenvalue weighted by molar-refractivity contribution is 8.13. The number of ether oxygens (including phenoxy) is 2. The second kappa shape index (κ2) is 8.38. The molecule has 0 aliphatic carbocycles. The fourth-order valence-corrected chi connectivity index (χ4v) is 3.34. The number of benzene rings is 1. The molecule has 1 aromatic carbocycles. The van der Waals surface area contributed by atoms with Crippen molar-refractivity contribution < 1.29 is 22.7 Å². The number of halogens is 2. The van der Waals surface area contributed by atoms with Gasteiger partial charge < -0.3 is 14.8 Å². The summed E-state index contributed by atoms with van der Waals surface area (Å²) < 4.78 is 32.8. The van der Waals surface area contributed by atoms with Gasteiger partial charge in [-0.05, 0) is 40.0 Å². The smallest absolute Gasteiger partial charge is 0.293 e. The van der Waals surface area contributed by atoms with E-state index in [1.807, 2.05) is 20.8 Å². The average Bonchev–Trinajstić information content (AvgIpc) is 2.45. The van der Waals surface area contributed by atoms with Gasteiger partial charge >= 0.3 is 0 Å². The van der Waals surface area contributed by atoms with Gasteiger partial charge in [-0.15, -0.1) is 0 Å². The van der Waals surface area contributed by atoms with Gasteiger partial charge in [-0.1, -0.05) is 11.6 Å². The lowest BCUT2D eigenvalue weighted by atomic mass is 10.0. The fourth-order valence-electron chi connectivity index (χ4n) is 2.08. The second-order valence-electron chi connectivity index (χ2n) is 6.03. The van der Waals surface area contributed by atoms with Crippen molar-refractivity contribution in [1.82, 2.24) is 5.32 Å². The Kier molecular flexibility index (Phi) is 7.34. The van der Waals surface area contributed by atoms with E-state index >= 15 is 0 Å². The topological polar surface area (TPSA) is 81.7 Å². The number of hydrogen-bond acceptors (Lipinski definition) is 6.